The third-order valence-electron chi connectivity index (χ3n) is 3.25. The molecule has 1 aliphatic heterocycles. The summed E-state index contributed by atoms with van der Waals surface area (Å²) in [5, 5.41) is 11.6. The maximum Gasteiger partial charge on any atom is 0.326 e. The van der Waals surface area contributed by atoms with Crippen LogP contribution < -0.4 is 5.32 Å². The standard InChI is InChI=1S/C14H25NO5/c1-9(2)7-12(14(17)18)15-13(16)10(3)20-8-11-5-4-6-19-11/h9-12H,4-8H2,1-3H3,(H,15,16)(H,17,18)/t10?,11?,12-/m0/s1. The highest BCUT2D eigenvalue weighted by atomic mass is 16.5. The zero-order valence-electron chi connectivity index (χ0n) is 12.4. The molecule has 1 rings (SSSR count). The molecule has 0 saturated carbocycles. The van der Waals surface area contributed by atoms with Gasteiger partial charge >= 0.3 is 5.97 Å². The first kappa shape index (κ1) is 16.9. The van der Waals surface area contributed by atoms with Crippen molar-refractivity contribution >= 4 is 11.9 Å². The van der Waals surface area contributed by atoms with Crippen LogP contribution in [0.25, 0.3) is 0 Å². The van der Waals surface area contributed by atoms with Crippen LogP contribution >= 0.6 is 0 Å². The summed E-state index contributed by atoms with van der Waals surface area (Å²) in [5.41, 5.74) is 0. The van der Waals surface area contributed by atoms with Crippen molar-refractivity contribution in [2.24, 2.45) is 5.92 Å². The van der Waals surface area contributed by atoms with Crippen LogP contribution in [0.4, 0.5) is 0 Å². The monoisotopic (exact) mass is 287 g/mol. The van der Waals surface area contributed by atoms with E-state index in [4.69, 9.17) is 14.6 Å². The van der Waals surface area contributed by atoms with Crippen molar-refractivity contribution in [3.63, 3.8) is 0 Å². The lowest BCUT2D eigenvalue weighted by Gasteiger charge is -2.20. The second-order valence-corrected chi connectivity index (χ2v) is 5.64. The van der Waals surface area contributed by atoms with Gasteiger partial charge in [0, 0.05) is 6.61 Å². The van der Waals surface area contributed by atoms with Crippen LogP contribution in [0.2, 0.25) is 0 Å². The van der Waals surface area contributed by atoms with Crippen molar-refractivity contribution < 1.29 is 24.2 Å². The molecule has 1 saturated heterocycles. The fraction of sp³-hybridized carbons (Fsp3) is 0.857. The molecule has 1 amide bonds. The molecule has 20 heavy (non-hydrogen) atoms. The topological polar surface area (TPSA) is 84.9 Å². The number of hydrogen-bond donors (Lipinski definition) is 2. The summed E-state index contributed by atoms with van der Waals surface area (Å²) in [6.45, 7) is 6.57. The van der Waals surface area contributed by atoms with E-state index in [0.717, 1.165) is 19.4 Å². The normalized spacial score (nSPS) is 21.7. The number of carboxylic acids is 1. The summed E-state index contributed by atoms with van der Waals surface area (Å²) >= 11 is 0. The Kier molecular flexibility index (Phi) is 6.95. The molecule has 0 bridgehead atoms. The Bertz CT molecular complexity index is 326. The fourth-order valence-electron chi connectivity index (χ4n) is 2.09. The summed E-state index contributed by atoms with van der Waals surface area (Å²) in [7, 11) is 0. The summed E-state index contributed by atoms with van der Waals surface area (Å²) < 4.78 is 10.8. The Hall–Kier alpha value is -1.14. The maximum absolute atomic E-state index is 11.9. The average Bonchev–Trinajstić information content (AvgIpc) is 2.87. The Labute approximate surface area is 119 Å². The minimum absolute atomic E-state index is 0.0520. The lowest BCUT2D eigenvalue weighted by atomic mass is 10.0. The van der Waals surface area contributed by atoms with Gasteiger partial charge in [-0.1, -0.05) is 13.8 Å². The molecule has 6 nitrogen and oxygen atoms in total. The number of aliphatic carboxylic acids is 1. The molecule has 116 valence electrons. The Morgan fingerprint density at radius 3 is 2.60 bits per heavy atom. The molecule has 0 aliphatic carbocycles. The third kappa shape index (κ3) is 5.88. The summed E-state index contributed by atoms with van der Waals surface area (Å²) in [6.07, 6.45) is 1.74. The second kappa shape index (κ2) is 8.21. The van der Waals surface area contributed by atoms with Gasteiger partial charge in [-0.3, -0.25) is 4.79 Å². The van der Waals surface area contributed by atoms with E-state index in [1.807, 2.05) is 13.8 Å². The van der Waals surface area contributed by atoms with Crippen LogP contribution in [0.5, 0.6) is 0 Å². The van der Waals surface area contributed by atoms with Crippen molar-refractivity contribution in [2.75, 3.05) is 13.2 Å². The predicted molar refractivity (Wildman–Crippen MR) is 73.4 cm³/mol. The number of nitrogens with one attached hydrogen (secondary N) is 1. The van der Waals surface area contributed by atoms with Crippen molar-refractivity contribution in [3.8, 4) is 0 Å². The molecule has 0 spiro atoms. The zero-order valence-corrected chi connectivity index (χ0v) is 12.4. The Balaban J connectivity index is 2.36. The van der Waals surface area contributed by atoms with Gasteiger partial charge < -0.3 is 19.9 Å². The van der Waals surface area contributed by atoms with Crippen LogP contribution in [0, 0.1) is 5.92 Å². The SMILES string of the molecule is CC(C)C[C@H](NC(=O)C(C)OCC1CCCO1)C(=O)O. The van der Waals surface area contributed by atoms with Crippen LogP contribution in [0.15, 0.2) is 0 Å². The molecular formula is C14H25NO5. The molecule has 0 aromatic rings. The van der Waals surface area contributed by atoms with E-state index in [-0.39, 0.29) is 12.0 Å². The van der Waals surface area contributed by atoms with Crippen molar-refractivity contribution in [1.29, 1.82) is 0 Å². The van der Waals surface area contributed by atoms with Gasteiger partial charge in [0.25, 0.3) is 0 Å². The molecule has 3 atom stereocenters. The minimum Gasteiger partial charge on any atom is -0.480 e. The molecular weight excluding hydrogens is 262 g/mol. The van der Waals surface area contributed by atoms with Gasteiger partial charge in [0.2, 0.25) is 5.91 Å². The predicted octanol–water partition coefficient (Wildman–Crippen LogP) is 1.19. The molecule has 2 N–H and O–H groups in total. The van der Waals surface area contributed by atoms with E-state index in [2.05, 4.69) is 5.32 Å². The van der Waals surface area contributed by atoms with Gasteiger partial charge in [-0.05, 0) is 32.1 Å². The molecule has 0 radical (unpaired) electrons. The first-order valence-electron chi connectivity index (χ1n) is 7.16. The first-order chi connectivity index (χ1) is 9.40. The number of hydrogen-bond acceptors (Lipinski definition) is 4. The molecule has 1 aliphatic rings. The van der Waals surface area contributed by atoms with Gasteiger partial charge in [0.05, 0.1) is 12.7 Å². The number of ether oxygens (including phenoxy) is 2. The second-order valence-electron chi connectivity index (χ2n) is 5.64. The Morgan fingerprint density at radius 2 is 2.10 bits per heavy atom. The molecule has 1 heterocycles. The lowest BCUT2D eigenvalue weighted by molar-refractivity contribution is -0.145. The maximum atomic E-state index is 11.9. The summed E-state index contributed by atoms with van der Waals surface area (Å²) in [5.74, 6) is -1.21. The van der Waals surface area contributed by atoms with E-state index >= 15 is 0 Å². The van der Waals surface area contributed by atoms with Crippen molar-refractivity contribution in [2.45, 2.75) is 58.3 Å². The van der Waals surface area contributed by atoms with Gasteiger partial charge in [-0.15, -0.1) is 0 Å². The highest BCUT2D eigenvalue weighted by molar-refractivity contribution is 5.86. The summed E-state index contributed by atoms with van der Waals surface area (Å²) in [6, 6.07) is -0.865. The van der Waals surface area contributed by atoms with Crippen LogP contribution in [0.1, 0.15) is 40.0 Å². The van der Waals surface area contributed by atoms with E-state index in [1.165, 1.54) is 0 Å². The molecule has 0 aromatic heterocycles. The Morgan fingerprint density at radius 1 is 1.40 bits per heavy atom. The number of carboxylic acid groups (broad SMARTS) is 1. The van der Waals surface area contributed by atoms with Gasteiger partial charge in [-0.25, -0.2) is 4.79 Å². The number of carbonyl (C=O) groups excluding carboxylic acids is 1. The third-order valence-corrected chi connectivity index (χ3v) is 3.25. The number of rotatable bonds is 8. The van der Waals surface area contributed by atoms with Gasteiger partial charge in [0.15, 0.2) is 0 Å². The molecule has 6 heteroatoms. The van der Waals surface area contributed by atoms with Crippen LogP contribution in [-0.2, 0) is 19.1 Å². The molecule has 0 aromatic carbocycles. The van der Waals surface area contributed by atoms with Gasteiger partial charge in [-0.2, -0.15) is 0 Å². The smallest absolute Gasteiger partial charge is 0.326 e. The van der Waals surface area contributed by atoms with Crippen molar-refractivity contribution in [3.05, 3.63) is 0 Å². The molecule has 2 unspecified atom stereocenters. The fourth-order valence-corrected chi connectivity index (χ4v) is 2.09. The minimum atomic E-state index is -1.02. The highest BCUT2D eigenvalue weighted by Crippen LogP contribution is 2.13. The van der Waals surface area contributed by atoms with E-state index in [1.54, 1.807) is 6.92 Å². The van der Waals surface area contributed by atoms with Crippen molar-refractivity contribution in [1.82, 2.24) is 5.32 Å². The number of carbonyl (C=O) groups is 2. The van der Waals surface area contributed by atoms with E-state index in [9.17, 15) is 9.59 Å². The molecule has 1 fully saturated rings. The first-order valence-corrected chi connectivity index (χ1v) is 7.16. The van der Waals surface area contributed by atoms with Crippen LogP contribution in [0.3, 0.4) is 0 Å². The van der Waals surface area contributed by atoms with Gasteiger partial charge in [0.1, 0.15) is 12.1 Å². The zero-order chi connectivity index (χ0) is 15.1. The largest absolute Gasteiger partial charge is 0.480 e. The van der Waals surface area contributed by atoms with E-state index < -0.39 is 24.0 Å². The van der Waals surface area contributed by atoms with Crippen LogP contribution in [-0.4, -0.2) is 48.4 Å². The quantitative estimate of drug-likeness (QED) is 0.700. The number of amides is 1. The summed E-state index contributed by atoms with van der Waals surface area (Å²) in [4.78, 5) is 23.0. The highest BCUT2D eigenvalue weighted by Gasteiger charge is 2.25. The van der Waals surface area contributed by atoms with E-state index in [0.29, 0.717) is 13.0 Å². The average molecular weight is 287 g/mol. The lowest BCUT2D eigenvalue weighted by Crippen LogP contribution is -2.46.